The standard InChI is InChI=1S/C11H20N2OS/c1-8(2)6-9-10(7-12)15-11(13-9)4-5-14-3/h8H,4-7,12H2,1-3H3. The number of hydrogen-bond acceptors (Lipinski definition) is 4. The van der Waals surface area contributed by atoms with Gasteiger partial charge in [-0.2, -0.15) is 0 Å². The topological polar surface area (TPSA) is 48.1 Å². The average Bonchev–Trinajstić information content (AvgIpc) is 2.56. The normalized spacial score (nSPS) is 11.3. The fourth-order valence-electron chi connectivity index (χ4n) is 1.44. The summed E-state index contributed by atoms with van der Waals surface area (Å²) >= 11 is 1.73. The highest BCUT2D eigenvalue weighted by Gasteiger charge is 2.10. The molecule has 1 aromatic heterocycles. The van der Waals surface area contributed by atoms with Crippen molar-refractivity contribution in [3.8, 4) is 0 Å². The van der Waals surface area contributed by atoms with Crippen LogP contribution in [0, 0.1) is 5.92 Å². The zero-order valence-corrected chi connectivity index (χ0v) is 10.6. The molecule has 0 radical (unpaired) electrons. The summed E-state index contributed by atoms with van der Waals surface area (Å²) in [6.45, 7) is 5.74. The van der Waals surface area contributed by atoms with Crippen molar-refractivity contribution in [2.45, 2.75) is 33.2 Å². The van der Waals surface area contributed by atoms with E-state index in [1.165, 1.54) is 10.6 Å². The van der Waals surface area contributed by atoms with E-state index in [0.29, 0.717) is 12.5 Å². The van der Waals surface area contributed by atoms with Crippen molar-refractivity contribution in [2.24, 2.45) is 11.7 Å². The number of ether oxygens (including phenoxy) is 1. The van der Waals surface area contributed by atoms with E-state index in [4.69, 9.17) is 10.5 Å². The van der Waals surface area contributed by atoms with Crippen molar-refractivity contribution in [2.75, 3.05) is 13.7 Å². The van der Waals surface area contributed by atoms with Crippen molar-refractivity contribution in [1.29, 1.82) is 0 Å². The Balaban J connectivity index is 2.71. The molecule has 86 valence electrons. The Morgan fingerprint density at radius 1 is 1.47 bits per heavy atom. The zero-order chi connectivity index (χ0) is 11.3. The SMILES string of the molecule is COCCc1nc(CC(C)C)c(CN)s1. The average molecular weight is 228 g/mol. The van der Waals surface area contributed by atoms with Crippen LogP contribution in [0.5, 0.6) is 0 Å². The molecule has 0 aromatic carbocycles. The minimum Gasteiger partial charge on any atom is -0.384 e. The van der Waals surface area contributed by atoms with E-state index < -0.39 is 0 Å². The third-order valence-corrected chi connectivity index (χ3v) is 3.31. The lowest BCUT2D eigenvalue weighted by Crippen LogP contribution is -2.02. The lowest BCUT2D eigenvalue weighted by Gasteiger charge is -2.02. The smallest absolute Gasteiger partial charge is 0.0954 e. The van der Waals surface area contributed by atoms with Gasteiger partial charge in [0, 0.05) is 25.0 Å². The van der Waals surface area contributed by atoms with Gasteiger partial charge in [0.25, 0.3) is 0 Å². The number of rotatable bonds is 6. The van der Waals surface area contributed by atoms with Crippen LogP contribution in [-0.4, -0.2) is 18.7 Å². The van der Waals surface area contributed by atoms with E-state index in [2.05, 4.69) is 18.8 Å². The lowest BCUT2D eigenvalue weighted by atomic mass is 10.1. The number of aromatic nitrogens is 1. The van der Waals surface area contributed by atoms with E-state index in [-0.39, 0.29) is 0 Å². The van der Waals surface area contributed by atoms with Gasteiger partial charge in [-0.15, -0.1) is 11.3 Å². The molecule has 15 heavy (non-hydrogen) atoms. The van der Waals surface area contributed by atoms with Crippen LogP contribution in [0.15, 0.2) is 0 Å². The van der Waals surface area contributed by atoms with Gasteiger partial charge in [-0.25, -0.2) is 4.98 Å². The van der Waals surface area contributed by atoms with Crippen molar-refractivity contribution in [3.05, 3.63) is 15.6 Å². The molecule has 0 unspecified atom stereocenters. The van der Waals surface area contributed by atoms with Crippen molar-refractivity contribution in [1.82, 2.24) is 4.98 Å². The summed E-state index contributed by atoms with van der Waals surface area (Å²) in [5.74, 6) is 0.632. The van der Waals surface area contributed by atoms with E-state index >= 15 is 0 Å². The van der Waals surface area contributed by atoms with Gasteiger partial charge in [0.15, 0.2) is 0 Å². The van der Waals surface area contributed by atoms with Gasteiger partial charge in [0.2, 0.25) is 0 Å². The molecule has 0 aliphatic heterocycles. The maximum absolute atomic E-state index is 5.71. The van der Waals surface area contributed by atoms with Gasteiger partial charge in [0.05, 0.1) is 17.3 Å². The molecule has 0 saturated carbocycles. The summed E-state index contributed by atoms with van der Waals surface area (Å²) in [4.78, 5) is 5.85. The van der Waals surface area contributed by atoms with Crippen LogP contribution < -0.4 is 5.73 Å². The number of hydrogen-bond donors (Lipinski definition) is 1. The van der Waals surface area contributed by atoms with Crippen molar-refractivity contribution in [3.63, 3.8) is 0 Å². The molecule has 1 aromatic rings. The first-order valence-corrected chi connectivity index (χ1v) is 6.15. The maximum atomic E-state index is 5.71. The highest BCUT2D eigenvalue weighted by molar-refractivity contribution is 7.11. The first-order chi connectivity index (χ1) is 7.17. The molecule has 0 amide bonds. The predicted molar refractivity (Wildman–Crippen MR) is 64.1 cm³/mol. The molecule has 0 spiro atoms. The third kappa shape index (κ3) is 3.89. The number of thiazole rings is 1. The summed E-state index contributed by atoms with van der Waals surface area (Å²) in [6, 6.07) is 0. The molecule has 4 heteroatoms. The molecule has 1 rings (SSSR count). The lowest BCUT2D eigenvalue weighted by molar-refractivity contribution is 0.202. The summed E-state index contributed by atoms with van der Waals surface area (Å²) in [5, 5.41) is 1.15. The largest absolute Gasteiger partial charge is 0.384 e. The molecular weight excluding hydrogens is 208 g/mol. The first kappa shape index (κ1) is 12.6. The van der Waals surface area contributed by atoms with Gasteiger partial charge in [-0.05, 0) is 12.3 Å². The van der Waals surface area contributed by atoms with Gasteiger partial charge in [-0.1, -0.05) is 13.8 Å². The van der Waals surface area contributed by atoms with Crippen molar-refractivity contribution < 1.29 is 4.74 Å². The summed E-state index contributed by atoms with van der Waals surface area (Å²) in [6.07, 6.45) is 1.92. The minimum atomic E-state index is 0.604. The zero-order valence-electron chi connectivity index (χ0n) is 9.75. The van der Waals surface area contributed by atoms with Crippen LogP contribution in [0.25, 0.3) is 0 Å². The fraction of sp³-hybridized carbons (Fsp3) is 0.727. The molecule has 1 heterocycles. The van der Waals surface area contributed by atoms with Gasteiger partial charge < -0.3 is 10.5 Å². The second-order valence-electron chi connectivity index (χ2n) is 4.02. The summed E-state index contributed by atoms with van der Waals surface area (Å²) < 4.78 is 5.05. The number of nitrogens with two attached hydrogens (primary N) is 1. The summed E-state index contributed by atoms with van der Waals surface area (Å²) in [7, 11) is 1.71. The van der Waals surface area contributed by atoms with E-state index in [9.17, 15) is 0 Å². The highest BCUT2D eigenvalue weighted by atomic mass is 32.1. The van der Waals surface area contributed by atoms with Gasteiger partial charge >= 0.3 is 0 Å². The monoisotopic (exact) mass is 228 g/mol. The van der Waals surface area contributed by atoms with Crippen molar-refractivity contribution >= 4 is 11.3 Å². The number of nitrogens with zero attached hydrogens (tertiary/aromatic N) is 1. The Labute approximate surface area is 95.7 Å². The minimum absolute atomic E-state index is 0.604. The first-order valence-electron chi connectivity index (χ1n) is 5.33. The Morgan fingerprint density at radius 2 is 2.20 bits per heavy atom. The van der Waals surface area contributed by atoms with E-state index in [0.717, 1.165) is 24.5 Å². The quantitative estimate of drug-likeness (QED) is 0.810. The second kappa shape index (κ2) is 6.20. The molecule has 0 aliphatic carbocycles. The van der Waals surface area contributed by atoms with Crippen LogP contribution in [0.1, 0.15) is 29.4 Å². The highest BCUT2D eigenvalue weighted by Crippen LogP contribution is 2.21. The van der Waals surface area contributed by atoms with Gasteiger partial charge in [-0.3, -0.25) is 0 Å². The van der Waals surface area contributed by atoms with Crippen LogP contribution in [0.3, 0.4) is 0 Å². The van der Waals surface area contributed by atoms with Crippen LogP contribution in [-0.2, 0) is 24.1 Å². The molecule has 0 bridgehead atoms. The third-order valence-electron chi connectivity index (χ3n) is 2.13. The molecule has 0 saturated heterocycles. The molecule has 0 atom stereocenters. The Kier molecular flexibility index (Phi) is 5.22. The van der Waals surface area contributed by atoms with Crippen LogP contribution in [0.2, 0.25) is 0 Å². The number of methoxy groups -OCH3 is 1. The van der Waals surface area contributed by atoms with E-state index in [1.807, 2.05) is 0 Å². The molecule has 2 N–H and O–H groups in total. The van der Waals surface area contributed by atoms with E-state index in [1.54, 1.807) is 18.4 Å². The Bertz CT molecular complexity index is 297. The molecule has 3 nitrogen and oxygen atoms in total. The molecule has 0 fully saturated rings. The Morgan fingerprint density at radius 3 is 2.73 bits per heavy atom. The molecular formula is C11H20N2OS. The second-order valence-corrected chi connectivity index (χ2v) is 5.19. The Hall–Kier alpha value is -0.450. The maximum Gasteiger partial charge on any atom is 0.0954 e. The van der Waals surface area contributed by atoms with Gasteiger partial charge in [0.1, 0.15) is 0 Å². The fourth-order valence-corrected chi connectivity index (χ4v) is 2.39. The van der Waals surface area contributed by atoms with Crippen LogP contribution in [0.4, 0.5) is 0 Å². The molecule has 0 aliphatic rings. The summed E-state index contributed by atoms with van der Waals surface area (Å²) in [5.41, 5.74) is 6.89. The predicted octanol–water partition coefficient (Wildman–Crippen LogP) is 1.99. The van der Waals surface area contributed by atoms with Crippen LogP contribution >= 0.6 is 11.3 Å².